The van der Waals surface area contributed by atoms with Crippen LogP contribution < -0.4 is 10.6 Å². The first-order chi connectivity index (χ1) is 9.22. The molecular weight excluding hydrogens is 246 g/mol. The maximum Gasteiger partial charge on any atom is 0.315 e. The first kappa shape index (κ1) is 13.6. The summed E-state index contributed by atoms with van der Waals surface area (Å²) >= 11 is 0. The molecule has 19 heavy (non-hydrogen) atoms. The maximum absolute atomic E-state index is 11.3. The summed E-state index contributed by atoms with van der Waals surface area (Å²) in [5.41, 5.74) is 1.24. The van der Waals surface area contributed by atoms with E-state index in [1.54, 1.807) is 12.1 Å². The van der Waals surface area contributed by atoms with Gasteiger partial charge < -0.3 is 15.4 Å². The average Bonchev–Trinajstić information content (AvgIpc) is 2.89. The van der Waals surface area contributed by atoms with E-state index >= 15 is 0 Å². The molecule has 0 aromatic heterocycles. The number of nitro benzene ring substituents is 1. The lowest BCUT2D eigenvalue weighted by Gasteiger charge is -2.14. The molecule has 104 valence electrons. The van der Waals surface area contributed by atoms with Gasteiger partial charge in [0.1, 0.15) is 11.4 Å². The number of hydrogen-bond acceptors (Lipinski definition) is 5. The van der Waals surface area contributed by atoms with Crippen LogP contribution in [0.5, 0.6) is 0 Å². The molecular formula is C13H19N3O3. The van der Waals surface area contributed by atoms with Crippen LogP contribution in [0, 0.1) is 10.1 Å². The van der Waals surface area contributed by atoms with Gasteiger partial charge in [-0.05, 0) is 25.0 Å². The quantitative estimate of drug-likeness (QED) is 0.610. The third kappa shape index (κ3) is 3.35. The Balaban J connectivity index is 2.22. The van der Waals surface area contributed by atoms with Gasteiger partial charge in [0, 0.05) is 13.2 Å². The topological polar surface area (TPSA) is 76.4 Å². The fourth-order valence-corrected chi connectivity index (χ4v) is 2.13. The molecule has 2 rings (SSSR count). The molecule has 0 aliphatic carbocycles. The standard InChI is InChI=1S/C13H19N3O3/c1-2-7-14-11-4-3-5-12(13(11)16(17)18)15-10-6-8-19-9-10/h3-5,10,14-15H,2,6-9H2,1H3. The van der Waals surface area contributed by atoms with Crippen LogP contribution in [0.25, 0.3) is 0 Å². The van der Waals surface area contributed by atoms with Crippen molar-refractivity contribution < 1.29 is 9.66 Å². The highest BCUT2D eigenvalue weighted by Gasteiger charge is 2.23. The number of nitro groups is 1. The second kappa shape index (κ2) is 6.38. The third-order valence-electron chi connectivity index (χ3n) is 3.07. The Labute approximate surface area is 112 Å². The molecule has 6 heteroatoms. The molecule has 1 aromatic carbocycles. The zero-order valence-electron chi connectivity index (χ0n) is 11.0. The second-order valence-electron chi connectivity index (χ2n) is 4.59. The van der Waals surface area contributed by atoms with Crippen molar-refractivity contribution in [1.82, 2.24) is 0 Å². The molecule has 0 radical (unpaired) electrons. The summed E-state index contributed by atoms with van der Waals surface area (Å²) in [5.74, 6) is 0. The van der Waals surface area contributed by atoms with Gasteiger partial charge in [-0.15, -0.1) is 0 Å². The maximum atomic E-state index is 11.3. The summed E-state index contributed by atoms with van der Waals surface area (Å²) in [4.78, 5) is 10.9. The van der Waals surface area contributed by atoms with E-state index in [-0.39, 0.29) is 16.7 Å². The van der Waals surface area contributed by atoms with Crippen LogP contribution in [0.15, 0.2) is 18.2 Å². The zero-order chi connectivity index (χ0) is 13.7. The molecule has 0 bridgehead atoms. The van der Waals surface area contributed by atoms with Crippen molar-refractivity contribution in [3.05, 3.63) is 28.3 Å². The van der Waals surface area contributed by atoms with E-state index < -0.39 is 0 Å². The minimum Gasteiger partial charge on any atom is -0.379 e. The van der Waals surface area contributed by atoms with Gasteiger partial charge in [0.2, 0.25) is 0 Å². The monoisotopic (exact) mass is 265 g/mol. The highest BCUT2D eigenvalue weighted by Crippen LogP contribution is 2.33. The Morgan fingerprint density at radius 2 is 2.26 bits per heavy atom. The van der Waals surface area contributed by atoms with E-state index in [4.69, 9.17) is 4.74 Å². The van der Waals surface area contributed by atoms with Gasteiger partial charge in [-0.1, -0.05) is 13.0 Å². The summed E-state index contributed by atoms with van der Waals surface area (Å²) in [6.45, 7) is 4.05. The van der Waals surface area contributed by atoms with Crippen LogP contribution in [0.2, 0.25) is 0 Å². The molecule has 0 saturated carbocycles. The van der Waals surface area contributed by atoms with Crippen molar-refractivity contribution in [2.45, 2.75) is 25.8 Å². The number of ether oxygens (including phenoxy) is 1. The molecule has 1 heterocycles. The number of rotatable bonds is 6. The van der Waals surface area contributed by atoms with E-state index in [0.29, 0.717) is 24.6 Å². The van der Waals surface area contributed by atoms with E-state index in [1.165, 1.54) is 0 Å². The summed E-state index contributed by atoms with van der Waals surface area (Å²) in [7, 11) is 0. The Morgan fingerprint density at radius 1 is 1.47 bits per heavy atom. The molecule has 0 amide bonds. The Morgan fingerprint density at radius 3 is 2.89 bits per heavy atom. The summed E-state index contributed by atoms with van der Waals surface area (Å²) < 4.78 is 5.28. The van der Waals surface area contributed by atoms with Gasteiger partial charge in [0.25, 0.3) is 0 Å². The van der Waals surface area contributed by atoms with E-state index in [2.05, 4.69) is 10.6 Å². The third-order valence-corrected chi connectivity index (χ3v) is 3.07. The SMILES string of the molecule is CCCNc1cccc(NC2CCOC2)c1[N+](=O)[O-]. The summed E-state index contributed by atoms with van der Waals surface area (Å²) in [6, 6.07) is 5.46. The first-order valence-electron chi connectivity index (χ1n) is 6.58. The van der Waals surface area contributed by atoms with E-state index in [9.17, 15) is 10.1 Å². The smallest absolute Gasteiger partial charge is 0.315 e. The van der Waals surface area contributed by atoms with Crippen molar-refractivity contribution in [2.24, 2.45) is 0 Å². The largest absolute Gasteiger partial charge is 0.379 e. The highest BCUT2D eigenvalue weighted by atomic mass is 16.6. The lowest BCUT2D eigenvalue weighted by Crippen LogP contribution is -2.20. The first-order valence-corrected chi connectivity index (χ1v) is 6.58. The number of anilines is 2. The summed E-state index contributed by atoms with van der Waals surface area (Å²) in [5, 5.41) is 17.6. The van der Waals surface area contributed by atoms with Gasteiger partial charge in [-0.25, -0.2) is 0 Å². The van der Waals surface area contributed by atoms with Crippen molar-refractivity contribution in [3.8, 4) is 0 Å². The number of nitrogens with one attached hydrogen (secondary N) is 2. The molecule has 1 fully saturated rings. The Hall–Kier alpha value is -1.82. The highest BCUT2D eigenvalue weighted by molar-refractivity contribution is 5.76. The van der Waals surface area contributed by atoms with E-state index in [0.717, 1.165) is 19.4 Å². The normalized spacial score (nSPS) is 18.3. The van der Waals surface area contributed by atoms with Crippen LogP contribution in [0.4, 0.5) is 17.1 Å². The summed E-state index contributed by atoms with van der Waals surface area (Å²) in [6.07, 6.45) is 1.80. The lowest BCUT2D eigenvalue weighted by molar-refractivity contribution is -0.383. The van der Waals surface area contributed by atoms with Crippen LogP contribution >= 0.6 is 0 Å². The fraction of sp³-hybridized carbons (Fsp3) is 0.538. The molecule has 1 aliphatic rings. The van der Waals surface area contributed by atoms with Gasteiger partial charge in [0.15, 0.2) is 0 Å². The Bertz CT molecular complexity index is 445. The van der Waals surface area contributed by atoms with Crippen LogP contribution in [0.3, 0.4) is 0 Å². The van der Waals surface area contributed by atoms with Crippen LogP contribution in [0.1, 0.15) is 19.8 Å². The predicted molar refractivity (Wildman–Crippen MR) is 74.7 cm³/mol. The molecule has 2 N–H and O–H groups in total. The molecule has 1 aliphatic heterocycles. The number of nitrogens with zero attached hydrogens (tertiary/aromatic N) is 1. The van der Waals surface area contributed by atoms with Crippen molar-refractivity contribution >= 4 is 17.1 Å². The molecule has 1 atom stereocenters. The second-order valence-corrected chi connectivity index (χ2v) is 4.59. The van der Waals surface area contributed by atoms with Crippen LogP contribution in [-0.2, 0) is 4.74 Å². The number of benzene rings is 1. The van der Waals surface area contributed by atoms with Gasteiger partial charge in [0.05, 0.1) is 17.6 Å². The molecule has 1 saturated heterocycles. The average molecular weight is 265 g/mol. The zero-order valence-corrected chi connectivity index (χ0v) is 11.0. The van der Waals surface area contributed by atoms with Gasteiger partial charge in [-0.2, -0.15) is 0 Å². The fourth-order valence-electron chi connectivity index (χ4n) is 2.13. The van der Waals surface area contributed by atoms with Crippen molar-refractivity contribution in [2.75, 3.05) is 30.4 Å². The molecule has 6 nitrogen and oxygen atoms in total. The van der Waals surface area contributed by atoms with Crippen LogP contribution in [-0.4, -0.2) is 30.7 Å². The minimum absolute atomic E-state index is 0.114. The number of para-hydroxylation sites is 1. The Kier molecular flexibility index (Phi) is 4.57. The van der Waals surface area contributed by atoms with Gasteiger partial charge in [-0.3, -0.25) is 10.1 Å². The number of hydrogen-bond donors (Lipinski definition) is 2. The lowest BCUT2D eigenvalue weighted by atomic mass is 10.2. The van der Waals surface area contributed by atoms with Gasteiger partial charge >= 0.3 is 5.69 Å². The van der Waals surface area contributed by atoms with Crippen molar-refractivity contribution in [3.63, 3.8) is 0 Å². The van der Waals surface area contributed by atoms with E-state index in [1.807, 2.05) is 13.0 Å². The van der Waals surface area contributed by atoms with Crippen molar-refractivity contribution in [1.29, 1.82) is 0 Å². The molecule has 1 unspecified atom stereocenters. The minimum atomic E-state index is -0.337. The predicted octanol–water partition coefficient (Wildman–Crippen LogP) is 2.62. The molecule has 0 spiro atoms. The molecule has 1 aromatic rings.